The summed E-state index contributed by atoms with van der Waals surface area (Å²) in [4.78, 5) is 0. The number of hydrogen-bond donors (Lipinski definition) is 1. The van der Waals surface area contributed by atoms with Gasteiger partial charge in [0.15, 0.2) is 3.79 Å². The predicted octanol–water partition coefficient (Wildman–Crippen LogP) is 3.16. The van der Waals surface area contributed by atoms with Crippen LogP contribution in [0.2, 0.25) is 0 Å². The van der Waals surface area contributed by atoms with Gasteiger partial charge in [-0.25, -0.2) is 0 Å². The Bertz CT molecular complexity index is 117. The third-order valence-corrected chi connectivity index (χ3v) is 1.87. The molecule has 0 amide bonds. The Balaban J connectivity index is 3.91. The van der Waals surface area contributed by atoms with Crippen molar-refractivity contribution in [1.29, 1.82) is 0 Å². The molecule has 0 aromatic carbocycles. The summed E-state index contributed by atoms with van der Waals surface area (Å²) in [5.74, 6) is 0. The molecule has 0 bridgehead atoms. The van der Waals surface area contributed by atoms with E-state index in [0.29, 0.717) is 12.8 Å². The number of hydrogen-bond acceptors (Lipinski definition) is 1. The molecule has 0 aliphatic rings. The molecule has 4 heteroatoms. The van der Waals surface area contributed by atoms with Crippen molar-refractivity contribution in [2.24, 2.45) is 5.41 Å². The predicted molar refractivity (Wildman–Crippen MR) is 50.4 cm³/mol. The molecule has 1 N–H and O–H groups in total. The Labute approximate surface area is 82.6 Å². The molecule has 0 aliphatic carbocycles. The minimum Gasteiger partial charge on any atom is -0.396 e. The van der Waals surface area contributed by atoms with Gasteiger partial charge in [0.05, 0.1) is 0 Å². The van der Waals surface area contributed by atoms with Crippen molar-refractivity contribution in [3.63, 3.8) is 0 Å². The molecule has 0 rings (SSSR count). The first kappa shape index (κ1) is 11.8. The normalized spacial score (nSPS) is 13.6. The molecule has 0 radical (unpaired) electrons. The molecule has 0 heterocycles. The minimum atomic E-state index is -1.21. The molecule has 1 nitrogen and oxygen atoms in total. The third-order valence-electron chi connectivity index (χ3n) is 1.47. The lowest BCUT2D eigenvalue weighted by molar-refractivity contribution is 0.203. The lowest BCUT2D eigenvalue weighted by Gasteiger charge is -2.27. The van der Waals surface area contributed by atoms with E-state index in [4.69, 9.17) is 39.9 Å². The maximum Gasteiger partial charge on any atom is 0.191 e. The average Bonchev–Trinajstić information content (AvgIpc) is 1.55. The SMILES string of the molecule is CC(C)(CCO)CC(Cl)(Cl)Cl. The van der Waals surface area contributed by atoms with Gasteiger partial charge in [0.2, 0.25) is 0 Å². The highest BCUT2D eigenvalue weighted by atomic mass is 35.6. The van der Waals surface area contributed by atoms with E-state index < -0.39 is 3.79 Å². The molecule has 0 unspecified atom stereocenters. The highest BCUT2D eigenvalue weighted by Crippen LogP contribution is 2.40. The van der Waals surface area contributed by atoms with Gasteiger partial charge < -0.3 is 5.11 Å². The Morgan fingerprint density at radius 1 is 1.18 bits per heavy atom. The second-order valence-corrected chi connectivity index (χ2v) is 5.95. The monoisotopic (exact) mass is 218 g/mol. The van der Waals surface area contributed by atoms with Crippen LogP contribution in [0.3, 0.4) is 0 Å². The molecule has 0 saturated heterocycles. The van der Waals surface area contributed by atoms with Gasteiger partial charge in [-0.3, -0.25) is 0 Å². The van der Waals surface area contributed by atoms with Gasteiger partial charge in [0, 0.05) is 6.61 Å². The smallest absolute Gasteiger partial charge is 0.191 e. The van der Waals surface area contributed by atoms with E-state index in [9.17, 15) is 0 Å². The molecule has 0 spiro atoms. The molecule has 0 fully saturated rings. The number of alkyl halides is 3. The lowest BCUT2D eigenvalue weighted by atomic mass is 9.87. The van der Waals surface area contributed by atoms with Gasteiger partial charge in [-0.05, 0) is 18.3 Å². The summed E-state index contributed by atoms with van der Waals surface area (Å²) < 4.78 is -1.21. The fourth-order valence-electron chi connectivity index (χ4n) is 0.934. The fraction of sp³-hybridized carbons (Fsp3) is 1.00. The largest absolute Gasteiger partial charge is 0.396 e. The van der Waals surface area contributed by atoms with E-state index in [-0.39, 0.29) is 12.0 Å². The van der Waals surface area contributed by atoms with Crippen molar-refractivity contribution in [3.8, 4) is 0 Å². The van der Waals surface area contributed by atoms with E-state index in [1.165, 1.54) is 0 Å². The number of aliphatic hydroxyl groups is 1. The van der Waals surface area contributed by atoms with Gasteiger partial charge in [0.25, 0.3) is 0 Å². The van der Waals surface area contributed by atoms with Crippen LogP contribution in [0, 0.1) is 5.41 Å². The molecular weight excluding hydrogens is 206 g/mol. The molecular formula is C7H13Cl3O. The van der Waals surface area contributed by atoms with Crippen LogP contribution in [0.15, 0.2) is 0 Å². The second-order valence-electron chi connectivity index (χ2n) is 3.43. The van der Waals surface area contributed by atoms with Gasteiger partial charge in [-0.15, -0.1) is 0 Å². The van der Waals surface area contributed by atoms with Crippen LogP contribution < -0.4 is 0 Å². The number of rotatable bonds is 3. The second kappa shape index (κ2) is 4.18. The maximum absolute atomic E-state index is 8.67. The van der Waals surface area contributed by atoms with E-state index in [2.05, 4.69) is 0 Å². The molecule has 0 saturated carbocycles. The molecule has 0 aliphatic heterocycles. The third kappa shape index (κ3) is 7.20. The zero-order valence-electron chi connectivity index (χ0n) is 6.70. The van der Waals surface area contributed by atoms with Crippen molar-refractivity contribution in [2.45, 2.75) is 30.5 Å². The summed E-state index contributed by atoms with van der Waals surface area (Å²) in [6.45, 7) is 4.06. The first-order valence-electron chi connectivity index (χ1n) is 3.44. The first-order valence-corrected chi connectivity index (χ1v) is 4.58. The van der Waals surface area contributed by atoms with Crippen LogP contribution in [0.1, 0.15) is 26.7 Å². The van der Waals surface area contributed by atoms with Crippen molar-refractivity contribution in [2.75, 3.05) is 6.61 Å². The quantitative estimate of drug-likeness (QED) is 0.723. The highest BCUT2D eigenvalue weighted by molar-refractivity contribution is 6.67. The Morgan fingerprint density at radius 2 is 1.64 bits per heavy atom. The van der Waals surface area contributed by atoms with Gasteiger partial charge in [-0.1, -0.05) is 48.7 Å². The molecule has 68 valence electrons. The fourth-order valence-corrected chi connectivity index (χ4v) is 2.02. The maximum atomic E-state index is 8.67. The Morgan fingerprint density at radius 3 is 1.91 bits per heavy atom. The summed E-state index contributed by atoms with van der Waals surface area (Å²) in [6, 6.07) is 0. The number of halogens is 3. The van der Waals surface area contributed by atoms with Crippen molar-refractivity contribution in [3.05, 3.63) is 0 Å². The summed E-state index contributed by atoms with van der Waals surface area (Å²) >= 11 is 16.8. The Kier molecular flexibility index (Phi) is 4.49. The van der Waals surface area contributed by atoms with Crippen molar-refractivity contribution in [1.82, 2.24) is 0 Å². The van der Waals surface area contributed by atoms with Crippen LogP contribution in [0.25, 0.3) is 0 Å². The highest BCUT2D eigenvalue weighted by Gasteiger charge is 2.30. The molecule has 11 heavy (non-hydrogen) atoms. The zero-order valence-corrected chi connectivity index (χ0v) is 8.97. The van der Waals surface area contributed by atoms with Crippen molar-refractivity contribution >= 4 is 34.8 Å². The zero-order chi connectivity index (χ0) is 9.12. The van der Waals surface area contributed by atoms with E-state index >= 15 is 0 Å². The van der Waals surface area contributed by atoms with Gasteiger partial charge >= 0.3 is 0 Å². The summed E-state index contributed by atoms with van der Waals surface area (Å²) in [5.41, 5.74) is -0.111. The van der Waals surface area contributed by atoms with Gasteiger partial charge in [0.1, 0.15) is 0 Å². The average molecular weight is 220 g/mol. The van der Waals surface area contributed by atoms with E-state index in [0.717, 1.165) is 0 Å². The topological polar surface area (TPSA) is 20.2 Å². The molecule has 0 atom stereocenters. The van der Waals surface area contributed by atoms with Crippen LogP contribution in [-0.2, 0) is 0 Å². The van der Waals surface area contributed by atoms with Crippen LogP contribution in [0.4, 0.5) is 0 Å². The minimum absolute atomic E-state index is 0.111. The van der Waals surface area contributed by atoms with E-state index in [1.807, 2.05) is 13.8 Å². The number of aliphatic hydroxyl groups excluding tert-OH is 1. The summed E-state index contributed by atoms with van der Waals surface area (Å²) in [5, 5.41) is 8.67. The summed E-state index contributed by atoms with van der Waals surface area (Å²) in [6.07, 6.45) is 1.12. The molecule has 0 aromatic heterocycles. The van der Waals surface area contributed by atoms with Crippen LogP contribution in [-0.4, -0.2) is 15.5 Å². The lowest BCUT2D eigenvalue weighted by Crippen LogP contribution is -2.21. The van der Waals surface area contributed by atoms with Crippen LogP contribution in [0.5, 0.6) is 0 Å². The molecule has 0 aromatic rings. The van der Waals surface area contributed by atoms with Gasteiger partial charge in [-0.2, -0.15) is 0 Å². The van der Waals surface area contributed by atoms with Crippen molar-refractivity contribution < 1.29 is 5.11 Å². The van der Waals surface area contributed by atoms with Crippen LogP contribution >= 0.6 is 34.8 Å². The first-order chi connectivity index (χ1) is 4.77. The Hall–Kier alpha value is 0.830. The standard InChI is InChI=1S/C7H13Cl3O/c1-6(2,3-4-11)5-7(8,9)10/h11H,3-5H2,1-2H3. The summed E-state index contributed by atoms with van der Waals surface area (Å²) in [7, 11) is 0. The van der Waals surface area contributed by atoms with E-state index in [1.54, 1.807) is 0 Å².